The normalized spacial score (nSPS) is 12.4. The maximum atomic E-state index is 5.57. The molecule has 0 spiro atoms. The molecule has 2 rings (SSSR count). The van der Waals surface area contributed by atoms with Crippen LogP contribution in [0.25, 0.3) is 0 Å². The second kappa shape index (κ2) is 5.86. The number of nitrogens with one attached hydrogen (secondary N) is 1. The van der Waals surface area contributed by atoms with Crippen molar-refractivity contribution in [2.75, 3.05) is 0 Å². The van der Waals surface area contributed by atoms with Crippen LogP contribution in [-0.4, -0.2) is 9.97 Å². The van der Waals surface area contributed by atoms with Crippen molar-refractivity contribution in [3.8, 4) is 0 Å². The summed E-state index contributed by atoms with van der Waals surface area (Å²) in [6, 6.07) is 7.87. The lowest BCUT2D eigenvalue weighted by molar-refractivity contribution is 0.538. The molecule has 0 fully saturated rings. The highest BCUT2D eigenvalue weighted by Crippen LogP contribution is 2.17. The number of hydrogen-bond acceptors (Lipinski definition) is 4. The van der Waals surface area contributed by atoms with Gasteiger partial charge in [0.15, 0.2) is 0 Å². The van der Waals surface area contributed by atoms with Gasteiger partial charge in [0.05, 0.1) is 11.7 Å². The van der Waals surface area contributed by atoms with E-state index in [4.69, 9.17) is 5.84 Å². The summed E-state index contributed by atoms with van der Waals surface area (Å²) >= 11 is 3.36. The van der Waals surface area contributed by atoms with E-state index in [0.29, 0.717) is 0 Å². The zero-order valence-electron chi connectivity index (χ0n) is 9.18. The SMILES string of the molecule is NNC(Cc1ccncc1)c1ccc(Br)cn1. The molecule has 0 saturated heterocycles. The zero-order chi connectivity index (χ0) is 12.1. The zero-order valence-corrected chi connectivity index (χ0v) is 10.8. The molecule has 0 aliphatic carbocycles. The highest BCUT2D eigenvalue weighted by molar-refractivity contribution is 9.10. The maximum Gasteiger partial charge on any atom is 0.0672 e. The minimum atomic E-state index is 0.00509. The van der Waals surface area contributed by atoms with E-state index in [-0.39, 0.29) is 6.04 Å². The van der Waals surface area contributed by atoms with Crippen LogP contribution in [0.3, 0.4) is 0 Å². The number of halogens is 1. The van der Waals surface area contributed by atoms with Gasteiger partial charge in [-0.1, -0.05) is 0 Å². The summed E-state index contributed by atoms with van der Waals surface area (Å²) in [6.45, 7) is 0. The summed E-state index contributed by atoms with van der Waals surface area (Å²) in [5.74, 6) is 5.57. The standard InChI is InChI=1S/C12H13BrN4/c13-10-1-2-11(16-8-10)12(17-14)7-9-3-5-15-6-4-9/h1-6,8,12,17H,7,14H2. The molecule has 4 nitrogen and oxygen atoms in total. The summed E-state index contributed by atoms with van der Waals surface area (Å²) in [7, 11) is 0. The summed E-state index contributed by atoms with van der Waals surface area (Å²) in [4.78, 5) is 8.33. The van der Waals surface area contributed by atoms with Crippen molar-refractivity contribution in [2.24, 2.45) is 5.84 Å². The van der Waals surface area contributed by atoms with E-state index in [2.05, 4.69) is 31.3 Å². The predicted molar refractivity (Wildman–Crippen MR) is 69.9 cm³/mol. The number of nitrogens with zero attached hydrogens (tertiary/aromatic N) is 2. The first-order valence-electron chi connectivity index (χ1n) is 5.26. The van der Waals surface area contributed by atoms with Crippen LogP contribution in [0.4, 0.5) is 0 Å². The van der Waals surface area contributed by atoms with Crippen LogP contribution in [0.15, 0.2) is 47.3 Å². The molecule has 1 unspecified atom stereocenters. The molecule has 0 aliphatic rings. The van der Waals surface area contributed by atoms with E-state index >= 15 is 0 Å². The van der Waals surface area contributed by atoms with Gasteiger partial charge >= 0.3 is 0 Å². The van der Waals surface area contributed by atoms with Gasteiger partial charge in [-0.2, -0.15) is 0 Å². The van der Waals surface area contributed by atoms with E-state index in [0.717, 1.165) is 16.6 Å². The predicted octanol–water partition coefficient (Wildman–Crippen LogP) is 1.99. The molecule has 0 radical (unpaired) electrons. The number of hydrazine groups is 1. The number of rotatable bonds is 4. The van der Waals surface area contributed by atoms with E-state index in [1.54, 1.807) is 18.6 Å². The van der Waals surface area contributed by atoms with Crippen LogP contribution in [0.5, 0.6) is 0 Å². The molecule has 1 atom stereocenters. The summed E-state index contributed by atoms with van der Waals surface area (Å²) in [5, 5.41) is 0. The molecule has 0 amide bonds. The number of aromatic nitrogens is 2. The van der Waals surface area contributed by atoms with Gasteiger partial charge in [0.25, 0.3) is 0 Å². The minimum Gasteiger partial charge on any atom is -0.271 e. The Kier molecular flexibility index (Phi) is 4.19. The average Bonchev–Trinajstić information content (AvgIpc) is 2.38. The molecule has 0 saturated carbocycles. The van der Waals surface area contributed by atoms with Crippen molar-refractivity contribution in [3.05, 3.63) is 58.6 Å². The lowest BCUT2D eigenvalue weighted by atomic mass is 10.0. The van der Waals surface area contributed by atoms with Crippen molar-refractivity contribution >= 4 is 15.9 Å². The van der Waals surface area contributed by atoms with Crippen LogP contribution >= 0.6 is 15.9 Å². The van der Waals surface area contributed by atoms with Gasteiger partial charge in [0.1, 0.15) is 0 Å². The third kappa shape index (κ3) is 3.33. The lowest BCUT2D eigenvalue weighted by Crippen LogP contribution is -2.30. The molecular formula is C12H13BrN4. The van der Waals surface area contributed by atoms with Crippen LogP contribution in [-0.2, 0) is 6.42 Å². The Balaban J connectivity index is 2.14. The summed E-state index contributed by atoms with van der Waals surface area (Å²) in [6.07, 6.45) is 6.11. The minimum absolute atomic E-state index is 0.00509. The van der Waals surface area contributed by atoms with Crippen molar-refractivity contribution in [2.45, 2.75) is 12.5 Å². The van der Waals surface area contributed by atoms with Crippen LogP contribution in [0.2, 0.25) is 0 Å². The Morgan fingerprint density at radius 2 is 2.00 bits per heavy atom. The van der Waals surface area contributed by atoms with Crippen LogP contribution in [0.1, 0.15) is 17.3 Å². The largest absolute Gasteiger partial charge is 0.271 e. The Morgan fingerprint density at radius 1 is 1.24 bits per heavy atom. The molecular weight excluding hydrogens is 280 g/mol. The number of nitrogens with two attached hydrogens (primary N) is 1. The highest BCUT2D eigenvalue weighted by atomic mass is 79.9. The molecule has 2 aromatic rings. The first-order chi connectivity index (χ1) is 8.29. The van der Waals surface area contributed by atoms with Crippen LogP contribution in [0, 0.1) is 0 Å². The molecule has 0 aromatic carbocycles. The molecule has 2 aromatic heterocycles. The molecule has 88 valence electrons. The second-order valence-corrected chi connectivity index (χ2v) is 4.60. The van der Waals surface area contributed by atoms with Crippen molar-refractivity contribution < 1.29 is 0 Å². The van der Waals surface area contributed by atoms with Gasteiger partial charge in [-0.15, -0.1) is 0 Å². The molecule has 0 aliphatic heterocycles. The van der Waals surface area contributed by atoms with E-state index in [1.807, 2.05) is 24.3 Å². The number of pyridine rings is 2. The van der Waals surface area contributed by atoms with Gasteiger partial charge in [0, 0.05) is 23.1 Å². The topological polar surface area (TPSA) is 63.8 Å². The fraction of sp³-hybridized carbons (Fsp3) is 0.167. The molecule has 0 bridgehead atoms. The van der Waals surface area contributed by atoms with E-state index in [1.165, 1.54) is 5.56 Å². The van der Waals surface area contributed by atoms with Gasteiger partial charge in [-0.25, -0.2) is 0 Å². The highest BCUT2D eigenvalue weighted by Gasteiger charge is 2.11. The quantitative estimate of drug-likeness (QED) is 0.668. The van der Waals surface area contributed by atoms with E-state index < -0.39 is 0 Å². The number of hydrogen-bond donors (Lipinski definition) is 2. The summed E-state index contributed by atoms with van der Waals surface area (Å²) < 4.78 is 0.959. The third-order valence-corrected chi connectivity index (χ3v) is 2.97. The monoisotopic (exact) mass is 292 g/mol. The average molecular weight is 293 g/mol. The fourth-order valence-corrected chi connectivity index (χ4v) is 1.83. The molecule has 2 heterocycles. The molecule has 17 heavy (non-hydrogen) atoms. The van der Waals surface area contributed by atoms with Gasteiger partial charge < -0.3 is 0 Å². The second-order valence-electron chi connectivity index (χ2n) is 3.68. The van der Waals surface area contributed by atoms with E-state index in [9.17, 15) is 0 Å². The van der Waals surface area contributed by atoms with Crippen LogP contribution < -0.4 is 11.3 Å². The van der Waals surface area contributed by atoms with Gasteiger partial charge in [-0.3, -0.25) is 21.2 Å². The molecule has 3 N–H and O–H groups in total. The first kappa shape index (κ1) is 12.2. The third-order valence-electron chi connectivity index (χ3n) is 2.50. The molecule has 5 heteroatoms. The lowest BCUT2D eigenvalue weighted by Gasteiger charge is -2.15. The van der Waals surface area contributed by atoms with Gasteiger partial charge in [-0.05, 0) is 52.2 Å². The Labute approximate surface area is 108 Å². The van der Waals surface area contributed by atoms with Crippen molar-refractivity contribution in [1.82, 2.24) is 15.4 Å². The Hall–Kier alpha value is -1.30. The van der Waals surface area contributed by atoms with Crippen molar-refractivity contribution in [3.63, 3.8) is 0 Å². The summed E-state index contributed by atoms with van der Waals surface area (Å²) in [5.41, 5.74) is 4.89. The van der Waals surface area contributed by atoms with Crippen molar-refractivity contribution in [1.29, 1.82) is 0 Å². The maximum absolute atomic E-state index is 5.57. The smallest absolute Gasteiger partial charge is 0.0672 e. The first-order valence-corrected chi connectivity index (χ1v) is 6.05. The fourth-order valence-electron chi connectivity index (χ4n) is 1.60. The Morgan fingerprint density at radius 3 is 2.59 bits per heavy atom. The van der Waals surface area contributed by atoms with Gasteiger partial charge in [0.2, 0.25) is 0 Å². The Bertz CT molecular complexity index is 458.